The van der Waals surface area contributed by atoms with Crippen molar-refractivity contribution >= 4 is 32.7 Å². The van der Waals surface area contributed by atoms with E-state index in [0.717, 1.165) is 58.3 Å². The molecule has 3 nitrogen and oxygen atoms in total. The maximum atomic E-state index is 13.5. The molecule has 184 valence electrons. The van der Waals surface area contributed by atoms with Crippen LogP contribution in [0.5, 0.6) is 0 Å². The minimum absolute atomic E-state index is 0.137. The Morgan fingerprint density at radius 2 is 1.46 bits per heavy atom. The molecule has 0 amide bonds. The highest BCUT2D eigenvalue weighted by Crippen LogP contribution is 2.41. The molecular formula is C31H23F3N2O. The Kier molecular flexibility index (Phi) is 4.78. The van der Waals surface area contributed by atoms with Crippen LogP contribution in [0.15, 0.2) is 95.7 Å². The predicted octanol–water partition coefficient (Wildman–Crippen LogP) is 8.99. The van der Waals surface area contributed by atoms with Gasteiger partial charge in [0.1, 0.15) is 11.2 Å². The van der Waals surface area contributed by atoms with Gasteiger partial charge >= 0.3 is 6.18 Å². The highest BCUT2D eigenvalue weighted by atomic mass is 19.4. The smallest absolute Gasteiger partial charge is 0.394 e. The Balaban J connectivity index is 1.35. The lowest BCUT2D eigenvalue weighted by atomic mass is 9.85. The highest BCUT2D eigenvalue weighted by Gasteiger charge is 2.47. The molecule has 3 heterocycles. The number of halogens is 3. The van der Waals surface area contributed by atoms with E-state index >= 15 is 0 Å². The maximum Gasteiger partial charge on any atom is 0.394 e. The SMILES string of the molecule is [2H]C([2H])(c1ccc(-c2ccc(-c3cccc4c3oc3c5ccccc5ccc43)nc2)nc1)C(C)(C)C(F)(F)F. The summed E-state index contributed by atoms with van der Waals surface area (Å²) >= 11 is 0. The monoisotopic (exact) mass is 498 g/mol. The van der Waals surface area contributed by atoms with Gasteiger partial charge in [-0.15, -0.1) is 0 Å². The number of para-hydroxylation sites is 1. The zero-order chi connectivity index (χ0) is 27.6. The fourth-order valence-corrected chi connectivity index (χ4v) is 4.50. The molecule has 0 bridgehead atoms. The molecule has 0 unspecified atom stereocenters. The number of benzene rings is 3. The number of fused-ring (bicyclic) bond motifs is 5. The molecule has 0 radical (unpaired) electrons. The summed E-state index contributed by atoms with van der Waals surface area (Å²) in [4.78, 5) is 8.88. The quantitative estimate of drug-likeness (QED) is 0.243. The van der Waals surface area contributed by atoms with E-state index in [1.807, 2.05) is 48.5 Å². The van der Waals surface area contributed by atoms with E-state index in [2.05, 4.69) is 28.2 Å². The van der Waals surface area contributed by atoms with Gasteiger partial charge in [0.2, 0.25) is 0 Å². The van der Waals surface area contributed by atoms with Crippen LogP contribution in [0.4, 0.5) is 13.2 Å². The van der Waals surface area contributed by atoms with Gasteiger partial charge in [-0.1, -0.05) is 62.4 Å². The molecule has 6 rings (SSSR count). The average molecular weight is 499 g/mol. The Labute approximate surface area is 214 Å². The molecule has 0 aliphatic rings. The average Bonchev–Trinajstić information content (AvgIpc) is 3.32. The number of hydrogen-bond acceptors (Lipinski definition) is 3. The van der Waals surface area contributed by atoms with Crippen LogP contribution in [0, 0.1) is 5.41 Å². The van der Waals surface area contributed by atoms with Crippen molar-refractivity contribution in [2.45, 2.75) is 26.4 Å². The van der Waals surface area contributed by atoms with E-state index in [1.165, 1.54) is 12.1 Å². The summed E-state index contributed by atoms with van der Waals surface area (Å²) in [6.45, 7) is 1.71. The lowest BCUT2D eigenvalue weighted by Crippen LogP contribution is -2.34. The van der Waals surface area contributed by atoms with Gasteiger partial charge in [-0.05, 0) is 47.7 Å². The van der Waals surface area contributed by atoms with Crippen molar-refractivity contribution in [3.8, 4) is 22.5 Å². The molecule has 3 aromatic heterocycles. The van der Waals surface area contributed by atoms with E-state index in [4.69, 9.17) is 7.16 Å². The number of furan rings is 1. The minimum atomic E-state index is -4.72. The summed E-state index contributed by atoms with van der Waals surface area (Å²) in [5, 5.41) is 4.16. The summed E-state index contributed by atoms with van der Waals surface area (Å²) in [5.74, 6) is 0. The predicted molar refractivity (Wildman–Crippen MR) is 141 cm³/mol. The van der Waals surface area contributed by atoms with Crippen LogP contribution in [-0.4, -0.2) is 16.1 Å². The van der Waals surface area contributed by atoms with E-state index in [0.29, 0.717) is 17.0 Å². The van der Waals surface area contributed by atoms with Crippen molar-refractivity contribution in [3.05, 3.63) is 96.8 Å². The maximum absolute atomic E-state index is 13.5. The second-order valence-electron chi connectivity index (χ2n) is 9.56. The van der Waals surface area contributed by atoms with E-state index in [-0.39, 0.29) is 5.56 Å². The van der Waals surface area contributed by atoms with Gasteiger partial charge in [-0.3, -0.25) is 9.97 Å². The van der Waals surface area contributed by atoms with Crippen LogP contribution in [-0.2, 0) is 6.37 Å². The molecule has 0 saturated carbocycles. The standard InChI is InChI=1S/C31H23F3N2O/c1-30(2,31(32,33)34)16-19-10-14-26(35-17-19)21-12-15-27(36-18-21)25-9-5-8-23-24-13-11-20-6-3-4-7-22(20)28(24)37-29(23)25/h3-15,17-18H,16H2,1-2H3/i16D2. The lowest BCUT2D eigenvalue weighted by Gasteiger charge is -2.27. The van der Waals surface area contributed by atoms with Crippen molar-refractivity contribution in [3.63, 3.8) is 0 Å². The summed E-state index contributed by atoms with van der Waals surface area (Å²) < 4.78 is 63.2. The third-order valence-corrected chi connectivity index (χ3v) is 6.65. The number of aromatic nitrogens is 2. The van der Waals surface area contributed by atoms with Gasteiger partial charge in [0.25, 0.3) is 0 Å². The fourth-order valence-electron chi connectivity index (χ4n) is 4.50. The van der Waals surface area contributed by atoms with Crippen LogP contribution in [0.3, 0.4) is 0 Å². The van der Waals surface area contributed by atoms with Crippen LogP contribution in [0.25, 0.3) is 55.2 Å². The van der Waals surface area contributed by atoms with Gasteiger partial charge in [0.05, 0.1) is 16.8 Å². The Morgan fingerprint density at radius 3 is 2.19 bits per heavy atom. The summed E-state index contributed by atoms with van der Waals surface area (Å²) in [6.07, 6.45) is -4.57. The van der Waals surface area contributed by atoms with Gasteiger partial charge in [0, 0.05) is 42.4 Å². The van der Waals surface area contributed by atoms with E-state index in [1.54, 1.807) is 6.20 Å². The molecule has 6 heteroatoms. The topological polar surface area (TPSA) is 38.9 Å². The number of alkyl halides is 3. The molecule has 0 fully saturated rings. The first-order valence-corrected chi connectivity index (χ1v) is 11.8. The normalized spacial score (nSPS) is 13.8. The molecule has 37 heavy (non-hydrogen) atoms. The Hall–Kier alpha value is -4.19. The van der Waals surface area contributed by atoms with Gasteiger partial charge in [0.15, 0.2) is 0 Å². The number of nitrogens with zero attached hydrogens (tertiary/aromatic N) is 2. The summed E-state index contributed by atoms with van der Waals surface area (Å²) in [7, 11) is 0. The van der Waals surface area contributed by atoms with Gasteiger partial charge in [-0.25, -0.2) is 0 Å². The van der Waals surface area contributed by atoms with E-state index < -0.39 is 18.0 Å². The molecular weight excluding hydrogens is 473 g/mol. The van der Waals surface area contributed by atoms with Crippen LogP contribution in [0.2, 0.25) is 0 Å². The first-order chi connectivity index (χ1) is 18.5. The largest absolute Gasteiger partial charge is 0.455 e. The summed E-state index contributed by atoms with van der Waals surface area (Å²) in [6, 6.07) is 24.7. The number of rotatable bonds is 4. The molecule has 0 aliphatic carbocycles. The third kappa shape index (κ3) is 4.02. The van der Waals surface area contributed by atoms with Crippen molar-refractivity contribution in [1.82, 2.24) is 9.97 Å². The molecule has 0 saturated heterocycles. The first-order valence-electron chi connectivity index (χ1n) is 12.8. The molecule has 0 aliphatic heterocycles. The Bertz CT molecular complexity index is 1840. The zero-order valence-electron chi connectivity index (χ0n) is 22.1. The molecule has 0 atom stereocenters. The fraction of sp³-hybridized carbons (Fsp3) is 0.161. The van der Waals surface area contributed by atoms with E-state index in [9.17, 15) is 13.2 Å². The first kappa shape index (κ1) is 20.9. The Morgan fingerprint density at radius 1 is 0.730 bits per heavy atom. The van der Waals surface area contributed by atoms with Gasteiger partial charge < -0.3 is 4.42 Å². The van der Waals surface area contributed by atoms with Crippen molar-refractivity contribution in [2.75, 3.05) is 0 Å². The van der Waals surface area contributed by atoms with Crippen LogP contribution in [0.1, 0.15) is 22.2 Å². The molecule has 6 aromatic rings. The van der Waals surface area contributed by atoms with Crippen molar-refractivity contribution in [1.29, 1.82) is 0 Å². The third-order valence-electron chi connectivity index (χ3n) is 6.65. The second kappa shape index (κ2) is 8.44. The number of pyridine rings is 2. The lowest BCUT2D eigenvalue weighted by molar-refractivity contribution is -0.211. The molecule has 0 spiro atoms. The van der Waals surface area contributed by atoms with Crippen molar-refractivity contribution in [2.24, 2.45) is 5.41 Å². The van der Waals surface area contributed by atoms with Crippen LogP contribution < -0.4 is 0 Å². The van der Waals surface area contributed by atoms with Gasteiger partial charge in [-0.2, -0.15) is 13.2 Å². The second-order valence-corrected chi connectivity index (χ2v) is 9.56. The van der Waals surface area contributed by atoms with Crippen LogP contribution >= 0.6 is 0 Å². The molecule has 3 aromatic carbocycles. The van der Waals surface area contributed by atoms with Crippen molar-refractivity contribution < 1.29 is 20.3 Å². The number of hydrogen-bond donors (Lipinski definition) is 0. The molecule has 0 N–H and O–H groups in total. The zero-order valence-corrected chi connectivity index (χ0v) is 20.1. The summed E-state index contributed by atoms with van der Waals surface area (Å²) in [5.41, 5.74) is 1.51. The minimum Gasteiger partial charge on any atom is -0.455 e. The highest BCUT2D eigenvalue weighted by molar-refractivity contribution is 6.17.